The molecule has 0 aliphatic heterocycles. The van der Waals surface area contributed by atoms with Gasteiger partial charge in [-0.15, -0.1) is 0 Å². The van der Waals surface area contributed by atoms with Gasteiger partial charge in [-0.25, -0.2) is 0 Å². The zero-order valence-corrected chi connectivity index (χ0v) is 39.3. The summed E-state index contributed by atoms with van der Waals surface area (Å²) >= 11 is 0. The lowest BCUT2D eigenvalue weighted by Gasteiger charge is -2.24. The fraction of sp³-hybridized carbons (Fsp3) is 0.741. The van der Waals surface area contributed by atoms with Crippen molar-refractivity contribution < 1.29 is 24.5 Å². The van der Waals surface area contributed by atoms with Crippen LogP contribution in [0.3, 0.4) is 0 Å². The van der Waals surface area contributed by atoms with Gasteiger partial charge in [0.2, 0.25) is 5.91 Å². The number of nitrogens with one attached hydrogen (secondary N) is 1. The second-order valence-corrected chi connectivity index (χ2v) is 17.0. The van der Waals surface area contributed by atoms with Gasteiger partial charge in [0.1, 0.15) is 6.10 Å². The minimum Gasteiger partial charge on any atom is -0.462 e. The Balaban J connectivity index is 4.65. The lowest BCUT2D eigenvalue weighted by atomic mass is 10.0. The predicted octanol–water partition coefficient (Wildman–Crippen LogP) is 15.0. The third-order valence-electron chi connectivity index (χ3n) is 11.1. The van der Waals surface area contributed by atoms with Gasteiger partial charge < -0.3 is 20.3 Å². The number of esters is 1. The van der Waals surface area contributed by atoms with Crippen LogP contribution in [0.1, 0.15) is 233 Å². The molecule has 0 saturated heterocycles. The van der Waals surface area contributed by atoms with E-state index in [9.17, 15) is 19.8 Å². The molecule has 0 rings (SSSR count). The lowest BCUT2D eigenvalue weighted by molar-refractivity contribution is -0.151. The first kappa shape index (κ1) is 57.3. The lowest BCUT2D eigenvalue weighted by Crippen LogP contribution is -2.46. The van der Waals surface area contributed by atoms with Gasteiger partial charge in [-0.1, -0.05) is 235 Å². The van der Waals surface area contributed by atoms with Gasteiger partial charge in [0.25, 0.3) is 0 Å². The van der Waals surface area contributed by atoms with Crippen molar-refractivity contribution in [2.24, 2.45) is 0 Å². The van der Waals surface area contributed by atoms with Crippen LogP contribution >= 0.6 is 0 Å². The topological polar surface area (TPSA) is 95.9 Å². The van der Waals surface area contributed by atoms with Gasteiger partial charge in [-0.2, -0.15) is 0 Å². The molecule has 6 nitrogen and oxygen atoms in total. The van der Waals surface area contributed by atoms with Crippen molar-refractivity contribution in [3.8, 4) is 0 Å². The molecule has 0 fully saturated rings. The highest BCUT2D eigenvalue weighted by atomic mass is 16.5. The molecule has 0 aliphatic carbocycles. The van der Waals surface area contributed by atoms with E-state index in [2.05, 4.69) is 44.3 Å². The van der Waals surface area contributed by atoms with Crippen LogP contribution in [0.2, 0.25) is 0 Å². The highest BCUT2D eigenvalue weighted by molar-refractivity contribution is 5.77. The molecular weight excluding hydrogens is 743 g/mol. The fourth-order valence-corrected chi connectivity index (χ4v) is 7.34. The third kappa shape index (κ3) is 42.0. The summed E-state index contributed by atoms with van der Waals surface area (Å²) in [4.78, 5) is 26.0. The summed E-state index contributed by atoms with van der Waals surface area (Å²) in [6.45, 7) is 6.31. The molecule has 3 atom stereocenters. The molecule has 1 amide bonds. The minimum atomic E-state index is -0.809. The van der Waals surface area contributed by atoms with Crippen LogP contribution in [-0.4, -0.2) is 46.9 Å². The van der Waals surface area contributed by atoms with E-state index < -0.39 is 18.2 Å². The number of carbonyl (C=O) groups is 2. The van der Waals surface area contributed by atoms with Gasteiger partial charge in [0.05, 0.1) is 25.2 Å². The maximum absolute atomic E-state index is 13.2. The van der Waals surface area contributed by atoms with E-state index >= 15 is 0 Å². The largest absolute Gasteiger partial charge is 0.462 e. The number of aliphatic hydroxyl groups is 2. The number of ether oxygens (including phenoxy) is 1. The Morgan fingerprint density at radius 2 is 0.933 bits per heavy atom. The van der Waals surface area contributed by atoms with Crippen LogP contribution in [0, 0.1) is 0 Å². The van der Waals surface area contributed by atoms with E-state index in [4.69, 9.17) is 4.74 Å². The maximum Gasteiger partial charge on any atom is 0.306 e. The van der Waals surface area contributed by atoms with Crippen LogP contribution < -0.4 is 5.32 Å². The molecule has 0 aromatic rings. The second kappa shape index (κ2) is 47.4. The first-order valence-electron chi connectivity index (χ1n) is 25.2. The van der Waals surface area contributed by atoms with Crippen molar-refractivity contribution >= 4 is 11.9 Å². The van der Waals surface area contributed by atoms with E-state index in [1.165, 1.54) is 128 Å². The Morgan fingerprint density at radius 1 is 0.500 bits per heavy atom. The number of hydrogen-bond donors (Lipinski definition) is 3. The molecule has 0 aliphatic rings. The number of hydrogen-bond acceptors (Lipinski definition) is 5. The predicted molar refractivity (Wildman–Crippen MR) is 259 cm³/mol. The summed E-state index contributed by atoms with van der Waals surface area (Å²) in [6.07, 6.45) is 59.7. The maximum atomic E-state index is 13.2. The average molecular weight is 838 g/mol. The summed E-state index contributed by atoms with van der Waals surface area (Å²) in [7, 11) is 0. The molecule has 0 saturated carbocycles. The molecule has 6 heteroatoms. The average Bonchev–Trinajstić information content (AvgIpc) is 3.24. The zero-order valence-electron chi connectivity index (χ0n) is 39.3. The minimum absolute atomic E-state index is 0.0258. The van der Waals surface area contributed by atoms with Crippen molar-refractivity contribution in [3.63, 3.8) is 0 Å². The van der Waals surface area contributed by atoms with Crippen molar-refractivity contribution in [3.05, 3.63) is 72.9 Å². The highest BCUT2D eigenvalue weighted by Gasteiger charge is 2.24. The van der Waals surface area contributed by atoms with Crippen LogP contribution in [0.5, 0.6) is 0 Å². The summed E-state index contributed by atoms with van der Waals surface area (Å²) < 4.78 is 5.86. The second-order valence-electron chi connectivity index (χ2n) is 17.0. The molecule has 0 aromatic carbocycles. The number of allylic oxidation sites excluding steroid dienone is 12. The van der Waals surface area contributed by atoms with E-state index in [0.29, 0.717) is 19.3 Å². The quantitative estimate of drug-likeness (QED) is 0.0246. The standard InChI is InChI=1S/C54H95NO5/c1-4-7-10-13-16-19-22-25-26-27-29-31-34-37-40-43-46-52(57)51(49-56)55-53(58)48-50(45-42-39-36-33-30-24-21-18-15-12-9-6-3)60-54(59)47-44-41-38-35-32-28-23-20-17-14-11-8-5-2/h8,11,14,17,20,23,28,32-33,35-36,38,50-52,56-57H,4-7,9-10,12-13,15-16,18-19,21-22,24-27,29-31,34,37,39-49H2,1-3H3,(H,55,58)/b11-8+,17-14+,23-20-,32-28-,36-33-,38-35+. The molecule has 60 heavy (non-hydrogen) atoms. The molecule has 346 valence electrons. The molecule has 3 N–H and O–H groups in total. The van der Waals surface area contributed by atoms with Crippen LogP contribution in [0.15, 0.2) is 72.9 Å². The number of amides is 1. The Labute approximate surface area is 371 Å². The smallest absolute Gasteiger partial charge is 0.306 e. The monoisotopic (exact) mass is 838 g/mol. The van der Waals surface area contributed by atoms with Crippen LogP contribution in [0.4, 0.5) is 0 Å². The Kier molecular flexibility index (Phi) is 45.2. The van der Waals surface area contributed by atoms with E-state index in [1.807, 2.05) is 54.7 Å². The Morgan fingerprint density at radius 3 is 1.43 bits per heavy atom. The zero-order chi connectivity index (χ0) is 43.8. The summed E-state index contributed by atoms with van der Waals surface area (Å²) in [5.74, 6) is -0.593. The first-order chi connectivity index (χ1) is 29.5. The molecule has 0 heterocycles. The van der Waals surface area contributed by atoms with Crippen molar-refractivity contribution in [2.45, 2.75) is 251 Å². The molecule has 0 bridgehead atoms. The number of aliphatic hydroxyl groups excluding tert-OH is 2. The van der Waals surface area contributed by atoms with Crippen LogP contribution in [-0.2, 0) is 14.3 Å². The van der Waals surface area contributed by atoms with Crippen molar-refractivity contribution in [1.82, 2.24) is 5.32 Å². The molecule has 0 aromatic heterocycles. The first-order valence-corrected chi connectivity index (χ1v) is 25.2. The molecule has 0 radical (unpaired) electrons. The van der Waals surface area contributed by atoms with Crippen LogP contribution in [0.25, 0.3) is 0 Å². The third-order valence-corrected chi connectivity index (χ3v) is 11.1. The SMILES string of the molecule is CC/C=C/C=C/C=C\C=C/C=C/CCCC(=O)OC(CCC/C=C\CCCCCCCCC)CC(=O)NC(CO)C(O)CCCCCCCCCCCCCCCCCC. The summed E-state index contributed by atoms with van der Waals surface area (Å²) in [6, 6.07) is -0.726. The molecule has 0 spiro atoms. The van der Waals surface area contributed by atoms with Crippen molar-refractivity contribution in [2.75, 3.05) is 6.61 Å². The number of unbranched alkanes of at least 4 members (excludes halogenated alkanes) is 24. The fourth-order valence-electron chi connectivity index (χ4n) is 7.34. The van der Waals surface area contributed by atoms with Crippen molar-refractivity contribution in [1.29, 1.82) is 0 Å². The van der Waals surface area contributed by atoms with E-state index in [1.54, 1.807) is 0 Å². The molecular formula is C54H95NO5. The summed E-state index contributed by atoms with van der Waals surface area (Å²) in [5, 5.41) is 23.7. The van der Waals surface area contributed by atoms with Gasteiger partial charge in [-0.3, -0.25) is 9.59 Å². The Hall–Kier alpha value is -2.70. The molecule has 3 unspecified atom stereocenters. The Bertz CT molecular complexity index is 1120. The van der Waals surface area contributed by atoms with Gasteiger partial charge >= 0.3 is 5.97 Å². The summed E-state index contributed by atoms with van der Waals surface area (Å²) in [5.41, 5.74) is 0. The van der Waals surface area contributed by atoms with E-state index in [-0.39, 0.29) is 31.3 Å². The van der Waals surface area contributed by atoms with E-state index in [0.717, 1.165) is 51.4 Å². The van der Waals surface area contributed by atoms with Gasteiger partial charge in [-0.05, 0) is 57.8 Å². The number of carbonyl (C=O) groups excluding carboxylic acids is 2. The number of rotatable bonds is 44. The normalized spacial score (nSPS) is 13.9. The highest BCUT2D eigenvalue weighted by Crippen LogP contribution is 2.17. The van der Waals surface area contributed by atoms with Gasteiger partial charge in [0, 0.05) is 6.42 Å². The van der Waals surface area contributed by atoms with Gasteiger partial charge in [0.15, 0.2) is 0 Å².